The zero-order chi connectivity index (χ0) is 27.8. The SMILES string of the molecule is COc1ccc2c(c1)c(C1=C(c3c(C)sc4cc(C=CC=O)ccc34)C(F)(F)C(F)(F)C1(F)F)c(C)n2C. The molecule has 0 saturated heterocycles. The van der Waals surface area contributed by atoms with Gasteiger partial charge in [0.1, 0.15) is 12.0 Å². The molecule has 0 radical (unpaired) electrons. The van der Waals surface area contributed by atoms with Crippen molar-refractivity contribution in [1.29, 1.82) is 0 Å². The molecule has 0 unspecified atom stereocenters. The second kappa shape index (κ2) is 8.49. The molecule has 38 heavy (non-hydrogen) atoms. The van der Waals surface area contributed by atoms with Crippen molar-refractivity contribution in [3.63, 3.8) is 0 Å². The van der Waals surface area contributed by atoms with Gasteiger partial charge >= 0.3 is 17.8 Å². The van der Waals surface area contributed by atoms with Crippen LogP contribution in [0.2, 0.25) is 0 Å². The first kappa shape index (κ1) is 26.1. The smallest absolute Gasteiger partial charge is 0.380 e. The molecule has 4 aromatic rings. The number of rotatable bonds is 5. The van der Waals surface area contributed by atoms with Gasteiger partial charge in [0.2, 0.25) is 0 Å². The molecule has 1 aliphatic rings. The van der Waals surface area contributed by atoms with Gasteiger partial charge in [-0.1, -0.05) is 18.2 Å². The van der Waals surface area contributed by atoms with Crippen molar-refractivity contribution >= 4 is 55.8 Å². The van der Waals surface area contributed by atoms with Crippen LogP contribution in [0.5, 0.6) is 5.75 Å². The standard InChI is InChI=1S/C28H21F6NO2S/c1-14-22(19-13-17(37-4)8-10-20(19)35(14)3)24-25(27(31,32)28(33,34)26(24,29)30)23-15(2)38-21-12-16(6-5-11-36)7-9-18(21)23/h5-13H,1-4H3. The molecule has 1 aliphatic carbocycles. The summed E-state index contributed by atoms with van der Waals surface area (Å²) >= 11 is 1.03. The highest BCUT2D eigenvalue weighted by atomic mass is 32.1. The van der Waals surface area contributed by atoms with E-state index in [0.717, 1.165) is 11.3 Å². The predicted molar refractivity (Wildman–Crippen MR) is 138 cm³/mol. The number of benzene rings is 2. The first-order valence-corrected chi connectivity index (χ1v) is 12.3. The Morgan fingerprint density at radius 1 is 0.895 bits per heavy atom. The van der Waals surface area contributed by atoms with Crippen LogP contribution in [0.15, 0.2) is 42.5 Å². The normalized spacial score (nSPS) is 18.3. The summed E-state index contributed by atoms with van der Waals surface area (Å²) in [6.07, 6.45) is 3.30. The number of aryl methyl sites for hydroxylation is 2. The summed E-state index contributed by atoms with van der Waals surface area (Å²) in [5, 5.41) is 0.246. The fraction of sp³-hybridized carbons (Fsp3) is 0.250. The number of halogens is 6. The van der Waals surface area contributed by atoms with E-state index in [2.05, 4.69) is 0 Å². The topological polar surface area (TPSA) is 31.2 Å². The Bertz CT molecular complexity index is 1690. The van der Waals surface area contributed by atoms with E-state index in [4.69, 9.17) is 4.74 Å². The maximum atomic E-state index is 15.7. The molecule has 198 valence electrons. The van der Waals surface area contributed by atoms with Gasteiger partial charge in [-0.2, -0.15) is 26.3 Å². The van der Waals surface area contributed by atoms with Crippen molar-refractivity contribution in [2.45, 2.75) is 31.6 Å². The van der Waals surface area contributed by atoms with Crippen LogP contribution >= 0.6 is 11.3 Å². The second-order valence-electron chi connectivity index (χ2n) is 9.16. The van der Waals surface area contributed by atoms with E-state index < -0.39 is 28.9 Å². The highest BCUT2D eigenvalue weighted by Crippen LogP contribution is 2.66. The van der Waals surface area contributed by atoms with Gasteiger partial charge in [0.05, 0.1) is 7.11 Å². The predicted octanol–water partition coefficient (Wildman–Crippen LogP) is 8.06. The molecule has 0 saturated carbocycles. The number of nitrogens with zero attached hydrogens (tertiary/aromatic N) is 1. The van der Waals surface area contributed by atoms with E-state index in [9.17, 15) is 4.79 Å². The summed E-state index contributed by atoms with van der Waals surface area (Å²) in [4.78, 5) is 10.9. The maximum absolute atomic E-state index is 15.7. The Morgan fingerprint density at radius 2 is 1.55 bits per heavy atom. The number of carbonyl (C=O) groups is 1. The average molecular weight is 550 g/mol. The minimum atomic E-state index is -5.68. The Kier molecular flexibility index (Phi) is 5.83. The number of methoxy groups -OCH3 is 1. The minimum absolute atomic E-state index is 0.100. The molecule has 0 aliphatic heterocycles. The summed E-state index contributed by atoms with van der Waals surface area (Å²) in [6, 6.07) is 9.05. The van der Waals surface area contributed by atoms with E-state index in [1.165, 1.54) is 55.9 Å². The number of carbonyl (C=O) groups excluding carboxylic acids is 1. The zero-order valence-corrected chi connectivity index (χ0v) is 21.5. The van der Waals surface area contributed by atoms with Gasteiger partial charge in [-0.3, -0.25) is 4.79 Å². The molecule has 2 heterocycles. The molecule has 0 N–H and O–H groups in total. The number of hydrogen-bond acceptors (Lipinski definition) is 3. The van der Waals surface area contributed by atoms with Crippen molar-refractivity contribution in [3.05, 3.63) is 69.7 Å². The maximum Gasteiger partial charge on any atom is 0.380 e. The molecule has 2 aromatic carbocycles. The molecule has 0 spiro atoms. The Balaban J connectivity index is 1.94. The van der Waals surface area contributed by atoms with E-state index in [1.807, 2.05) is 0 Å². The lowest BCUT2D eigenvalue weighted by molar-refractivity contribution is -0.254. The first-order chi connectivity index (χ1) is 17.8. The largest absolute Gasteiger partial charge is 0.497 e. The summed E-state index contributed by atoms with van der Waals surface area (Å²) in [7, 11) is 2.91. The Hall–Kier alpha value is -3.53. The van der Waals surface area contributed by atoms with Crippen LogP contribution in [0.3, 0.4) is 0 Å². The third-order valence-corrected chi connectivity index (χ3v) is 8.19. The molecule has 0 amide bonds. The van der Waals surface area contributed by atoms with Crippen molar-refractivity contribution in [3.8, 4) is 5.75 Å². The highest BCUT2D eigenvalue weighted by Gasteiger charge is 2.80. The lowest BCUT2D eigenvalue weighted by Gasteiger charge is -2.26. The third kappa shape index (κ3) is 3.32. The van der Waals surface area contributed by atoms with Crippen LogP contribution in [-0.2, 0) is 11.8 Å². The van der Waals surface area contributed by atoms with Crippen LogP contribution in [0.4, 0.5) is 26.3 Å². The van der Waals surface area contributed by atoms with Gasteiger partial charge in [-0.15, -0.1) is 11.3 Å². The van der Waals surface area contributed by atoms with E-state index in [-0.39, 0.29) is 38.2 Å². The monoisotopic (exact) mass is 549 g/mol. The zero-order valence-electron chi connectivity index (χ0n) is 20.6. The number of alkyl halides is 6. The van der Waals surface area contributed by atoms with Crippen LogP contribution < -0.4 is 4.74 Å². The van der Waals surface area contributed by atoms with Crippen molar-refractivity contribution in [1.82, 2.24) is 4.57 Å². The Morgan fingerprint density at radius 3 is 2.18 bits per heavy atom. The van der Waals surface area contributed by atoms with Gasteiger partial charge in [0.15, 0.2) is 0 Å². The fourth-order valence-corrected chi connectivity index (χ4v) is 6.30. The van der Waals surface area contributed by atoms with Crippen LogP contribution in [0, 0.1) is 13.8 Å². The van der Waals surface area contributed by atoms with Crippen molar-refractivity contribution < 1.29 is 35.9 Å². The molecule has 0 atom stereocenters. The first-order valence-electron chi connectivity index (χ1n) is 11.5. The van der Waals surface area contributed by atoms with Crippen molar-refractivity contribution in [2.24, 2.45) is 7.05 Å². The van der Waals surface area contributed by atoms with Gasteiger partial charge < -0.3 is 9.30 Å². The number of fused-ring (bicyclic) bond motifs is 2. The Labute approximate surface area is 217 Å². The lowest BCUT2D eigenvalue weighted by atomic mass is 9.91. The van der Waals surface area contributed by atoms with Crippen molar-refractivity contribution in [2.75, 3.05) is 7.11 Å². The second-order valence-corrected chi connectivity index (χ2v) is 10.4. The minimum Gasteiger partial charge on any atom is -0.497 e. The van der Waals surface area contributed by atoms with Crippen LogP contribution in [0.1, 0.15) is 27.3 Å². The molecule has 0 fully saturated rings. The highest BCUT2D eigenvalue weighted by molar-refractivity contribution is 7.19. The molecule has 5 rings (SSSR count). The molecular weight excluding hydrogens is 528 g/mol. The average Bonchev–Trinajstić information content (AvgIpc) is 3.35. The van der Waals surface area contributed by atoms with Gasteiger partial charge in [0, 0.05) is 60.9 Å². The lowest BCUT2D eigenvalue weighted by Crippen LogP contribution is -2.49. The quantitative estimate of drug-likeness (QED) is 0.143. The van der Waals surface area contributed by atoms with Gasteiger partial charge in [-0.05, 0) is 49.8 Å². The molecule has 3 nitrogen and oxygen atoms in total. The van der Waals surface area contributed by atoms with E-state index in [1.54, 1.807) is 25.2 Å². The molecule has 0 bridgehead atoms. The number of aromatic nitrogens is 1. The number of allylic oxidation sites excluding steroid dienone is 3. The summed E-state index contributed by atoms with van der Waals surface area (Å²) in [5.41, 5.74) is -2.39. The molecule has 10 heteroatoms. The number of aldehydes is 1. The van der Waals surface area contributed by atoms with Gasteiger partial charge in [-0.25, -0.2) is 0 Å². The fourth-order valence-electron chi connectivity index (χ4n) is 5.18. The number of thiophene rings is 1. The van der Waals surface area contributed by atoms with E-state index >= 15 is 26.3 Å². The molecule has 2 aromatic heterocycles. The van der Waals surface area contributed by atoms with Crippen LogP contribution in [-0.4, -0.2) is 35.7 Å². The van der Waals surface area contributed by atoms with Crippen LogP contribution in [0.25, 0.3) is 38.2 Å². The van der Waals surface area contributed by atoms with E-state index in [0.29, 0.717) is 22.1 Å². The third-order valence-electron chi connectivity index (χ3n) is 7.12. The number of ether oxygens (including phenoxy) is 1. The summed E-state index contributed by atoms with van der Waals surface area (Å²) in [6.45, 7) is 2.87. The van der Waals surface area contributed by atoms with Gasteiger partial charge in [0.25, 0.3) is 0 Å². The molecular formula is C28H21F6NO2S. The number of hydrogen-bond donors (Lipinski definition) is 0. The summed E-state index contributed by atoms with van der Waals surface area (Å²) < 4.78 is 100.0. The summed E-state index contributed by atoms with van der Waals surface area (Å²) in [5.74, 6) is -15.8.